The van der Waals surface area contributed by atoms with E-state index in [9.17, 15) is 18.0 Å². The Labute approximate surface area is 139 Å². The number of nitrogens with zero attached hydrogens (tertiary/aromatic N) is 2. The first-order valence-electron chi connectivity index (χ1n) is 6.48. The Morgan fingerprint density at radius 1 is 1.39 bits per heavy atom. The zero-order valence-electron chi connectivity index (χ0n) is 11.4. The predicted octanol–water partition coefficient (Wildman–Crippen LogP) is 3.66. The van der Waals surface area contributed by atoms with E-state index in [-0.39, 0.29) is 12.1 Å². The summed E-state index contributed by atoms with van der Waals surface area (Å²) in [5.74, 6) is -0.837. The SMILES string of the molecule is NC1(c2ncc(C(=O)Nc3cc(C(F)(F)F)c(Cl)cn3)s2)CC1.[3HH]. The van der Waals surface area contributed by atoms with E-state index in [1.165, 1.54) is 6.20 Å². The normalized spacial score (nSPS) is 16.2. The summed E-state index contributed by atoms with van der Waals surface area (Å²) in [5, 5.41) is 2.41. The third-order valence-corrected chi connectivity index (χ3v) is 4.86. The van der Waals surface area contributed by atoms with Crippen molar-refractivity contribution < 1.29 is 19.4 Å². The molecule has 0 unspecified atom stereocenters. The predicted molar refractivity (Wildman–Crippen MR) is 81.5 cm³/mol. The van der Waals surface area contributed by atoms with Gasteiger partial charge in [-0.2, -0.15) is 13.2 Å². The number of halogens is 4. The van der Waals surface area contributed by atoms with Gasteiger partial charge in [0.05, 0.1) is 22.3 Å². The Kier molecular flexibility index (Phi) is 3.81. The van der Waals surface area contributed by atoms with E-state index in [4.69, 9.17) is 17.3 Å². The maximum absolute atomic E-state index is 12.8. The van der Waals surface area contributed by atoms with Crippen LogP contribution in [0.5, 0.6) is 0 Å². The molecule has 1 aliphatic rings. The Balaban J connectivity index is 0.00000208. The molecule has 10 heteroatoms. The van der Waals surface area contributed by atoms with E-state index in [1.807, 2.05) is 0 Å². The van der Waals surface area contributed by atoms with E-state index in [0.29, 0.717) is 11.1 Å². The van der Waals surface area contributed by atoms with Crippen LogP contribution in [-0.2, 0) is 11.7 Å². The van der Waals surface area contributed by atoms with Gasteiger partial charge in [-0.05, 0) is 18.9 Å². The van der Waals surface area contributed by atoms with Gasteiger partial charge in [0, 0.05) is 7.62 Å². The van der Waals surface area contributed by atoms with Crippen LogP contribution in [0, 0.1) is 0 Å². The van der Waals surface area contributed by atoms with Crippen molar-refractivity contribution in [3.63, 3.8) is 0 Å². The lowest BCUT2D eigenvalue weighted by Gasteiger charge is -2.10. The number of nitrogens with one attached hydrogen (secondary N) is 1. The minimum Gasteiger partial charge on any atom is -0.319 e. The molecule has 0 bridgehead atoms. The number of hydrogen-bond donors (Lipinski definition) is 2. The quantitative estimate of drug-likeness (QED) is 0.868. The first-order chi connectivity index (χ1) is 10.7. The fourth-order valence-electron chi connectivity index (χ4n) is 1.86. The minimum absolute atomic E-state index is 0. The second-order valence-corrected chi connectivity index (χ2v) is 6.62. The van der Waals surface area contributed by atoms with Crippen molar-refractivity contribution >= 4 is 34.7 Å². The summed E-state index contributed by atoms with van der Waals surface area (Å²) in [4.78, 5) is 20.1. The Morgan fingerprint density at radius 3 is 2.70 bits per heavy atom. The lowest BCUT2D eigenvalue weighted by molar-refractivity contribution is -0.137. The van der Waals surface area contributed by atoms with Crippen molar-refractivity contribution in [2.24, 2.45) is 5.73 Å². The van der Waals surface area contributed by atoms with Gasteiger partial charge in [-0.3, -0.25) is 4.79 Å². The molecule has 3 rings (SSSR count). The van der Waals surface area contributed by atoms with Crippen LogP contribution in [0.2, 0.25) is 5.02 Å². The molecule has 0 atom stereocenters. The van der Waals surface area contributed by atoms with E-state index >= 15 is 0 Å². The van der Waals surface area contributed by atoms with Crippen molar-refractivity contribution in [3.8, 4) is 0 Å². The highest BCUT2D eigenvalue weighted by atomic mass is 35.5. The molecule has 1 amide bonds. The molecule has 2 aromatic rings. The molecule has 1 aliphatic carbocycles. The van der Waals surface area contributed by atoms with Crippen LogP contribution in [0.1, 0.15) is 34.5 Å². The van der Waals surface area contributed by atoms with Crippen LogP contribution < -0.4 is 11.1 Å². The molecule has 0 saturated heterocycles. The maximum Gasteiger partial charge on any atom is 0.418 e. The van der Waals surface area contributed by atoms with E-state index in [0.717, 1.165) is 30.4 Å². The van der Waals surface area contributed by atoms with Crippen LogP contribution in [-0.4, -0.2) is 15.9 Å². The Hall–Kier alpha value is -1.71. The largest absolute Gasteiger partial charge is 0.418 e. The van der Waals surface area contributed by atoms with Gasteiger partial charge in [0.1, 0.15) is 15.7 Å². The highest BCUT2D eigenvalue weighted by Gasteiger charge is 2.43. The van der Waals surface area contributed by atoms with Crippen LogP contribution >= 0.6 is 22.9 Å². The van der Waals surface area contributed by atoms with E-state index in [1.54, 1.807) is 0 Å². The molecular formula is C13H12ClF3N4OS. The van der Waals surface area contributed by atoms with Gasteiger partial charge in [0.2, 0.25) is 0 Å². The highest BCUT2D eigenvalue weighted by Crippen LogP contribution is 2.44. The molecule has 1 saturated carbocycles. The number of amides is 1. The number of hydrogen-bond acceptors (Lipinski definition) is 5. The number of alkyl halides is 3. The summed E-state index contributed by atoms with van der Waals surface area (Å²) in [6, 6.07) is 0.688. The number of aromatic nitrogens is 2. The Morgan fingerprint density at radius 2 is 2.09 bits per heavy atom. The number of pyridine rings is 1. The summed E-state index contributed by atoms with van der Waals surface area (Å²) in [5.41, 5.74) is 4.45. The van der Waals surface area contributed by atoms with Crippen LogP contribution in [0.25, 0.3) is 0 Å². The van der Waals surface area contributed by atoms with Gasteiger partial charge in [0.25, 0.3) is 5.91 Å². The standard InChI is InChI=1S/C13H10ClF3N4OS.H2/c14-7-4-19-9(3-6(7)13(15,16)17)21-10(22)8-5-20-11(23-8)12(18)1-2-12;/h3-5H,1-2,18H2,(H,19,21,22);1H/i;1+2. The van der Waals surface area contributed by atoms with Gasteiger partial charge in [-0.15, -0.1) is 11.3 Å². The Bertz CT molecular complexity index is 779. The smallest absolute Gasteiger partial charge is 0.319 e. The number of thiazole rings is 1. The number of anilines is 1. The molecule has 5 nitrogen and oxygen atoms in total. The molecule has 0 radical (unpaired) electrons. The molecule has 2 heterocycles. The van der Waals surface area contributed by atoms with Gasteiger partial charge in [-0.25, -0.2) is 9.97 Å². The third-order valence-electron chi connectivity index (χ3n) is 3.35. The maximum atomic E-state index is 12.8. The zero-order chi connectivity index (χ0) is 16.8. The lowest BCUT2D eigenvalue weighted by Crippen LogP contribution is -2.18. The molecule has 2 aromatic heterocycles. The molecule has 0 aliphatic heterocycles. The van der Waals surface area contributed by atoms with Gasteiger partial charge in [-0.1, -0.05) is 11.6 Å². The fourth-order valence-corrected chi connectivity index (χ4v) is 3.04. The highest BCUT2D eigenvalue weighted by molar-refractivity contribution is 7.13. The molecule has 0 aromatic carbocycles. The first kappa shape index (κ1) is 16.2. The number of nitrogens with two attached hydrogens (primary N) is 1. The first-order valence-corrected chi connectivity index (χ1v) is 7.68. The summed E-state index contributed by atoms with van der Waals surface area (Å²) < 4.78 is 38.4. The van der Waals surface area contributed by atoms with Gasteiger partial charge < -0.3 is 11.1 Å². The minimum atomic E-state index is -4.63. The summed E-state index contributed by atoms with van der Waals surface area (Å²) in [6.07, 6.45) is -0.834. The summed E-state index contributed by atoms with van der Waals surface area (Å²) in [7, 11) is 0. The van der Waals surface area contributed by atoms with E-state index < -0.39 is 28.2 Å². The average Bonchev–Trinajstić information content (AvgIpc) is 3.02. The number of carbonyl (C=O) groups excluding carboxylic acids is 1. The van der Waals surface area contributed by atoms with Crippen molar-refractivity contribution in [2.75, 3.05) is 5.32 Å². The average molecular weight is 367 g/mol. The van der Waals surface area contributed by atoms with E-state index in [2.05, 4.69) is 15.3 Å². The van der Waals surface area contributed by atoms with Gasteiger partial charge >= 0.3 is 6.18 Å². The molecular weight excluding hydrogens is 353 g/mol. The monoisotopic (exact) mass is 366 g/mol. The summed E-state index contributed by atoms with van der Waals surface area (Å²) >= 11 is 6.60. The van der Waals surface area contributed by atoms with Crippen LogP contribution in [0.15, 0.2) is 18.5 Å². The summed E-state index contributed by atoms with van der Waals surface area (Å²) in [6.45, 7) is 0. The van der Waals surface area contributed by atoms with Crippen LogP contribution in [0.3, 0.4) is 0 Å². The number of carbonyl (C=O) groups is 1. The van der Waals surface area contributed by atoms with Crippen molar-refractivity contribution in [1.82, 2.24) is 9.97 Å². The van der Waals surface area contributed by atoms with Crippen molar-refractivity contribution in [1.29, 1.82) is 0 Å². The fraction of sp³-hybridized carbons (Fsp3) is 0.308. The number of rotatable bonds is 3. The van der Waals surface area contributed by atoms with Crippen molar-refractivity contribution in [3.05, 3.63) is 38.9 Å². The molecule has 3 N–H and O–H groups in total. The molecule has 0 spiro atoms. The molecule has 1 fully saturated rings. The third kappa shape index (κ3) is 3.31. The molecule has 124 valence electrons. The second kappa shape index (κ2) is 5.43. The topological polar surface area (TPSA) is 80.9 Å². The molecule has 23 heavy (non-hydrogen) atoms. The zero-order valence-corrected chi connectivity index (χ0v) is 13.0. The van der Waals surface area contributed by atoms with Gasteiger partial charge in [0.15, 0.2) is 0 Å². The van der Waals surface area contributed by atoms with Crippen LogP contribution in [0.4, 0.5) is 19.0 Å². The lowest BCUT2D eigenvalue weighted by atomic mass is 10.2. The second-order valence-electron chi connectivity index (χ2n) is 5.19. The van der Waals surface area contributed by atoms with Crippen molar-refractivity contribution in [2.45, 2.75) is 24.6 Å².